The molecule has 1 fully saturated rings. The molecular formula is C11H18N2O. The molecule has 14 heavy (non-hydrogen) atoms. The maximum absolute atomic E-state index is 5.65. The number of rotatable bonds is 3. The maximum Gasteiger partial charge on any atom is 0.0469 e. The molecule has 0 atom stereocenters. The van der Waals surface area contributed by atoms with Gasteiger partial charge < -0.3 is 15.0 Å². The van der Waals surface area contributed by atoms with Gasteiger partial charge in [0, 0.05) is 38.2 Å². The lowest BCUT2D eigenvalue weighted by atomic mass is 10.0. The van der Waals surface area contributed by atoms with Crippen molar-refractivity contribution in [2.24, 2.45) is 11.7 Å². The van der Waals surface area contributed by atoms with Crippen molar-refractivity contribution >= 4 is 0 Å². The number of ether oxygens (including phenoxy) is 1. The molecule has 0 spiro atoms. The SMILES string of the molecule is NCc1cccn1CC1CCOCC1. The monoisotopic (exact) mass is 194 g/mol. The Morgan fingerprint density at radius 1 is 1.43 bits per heavy atom. The first kappa shape index (κ1) is 9.74. The Bertz CT molecular complexity index is 277. The van der Waals surface area contributed by atoms with E-state index < -0.39 is 0 Å². The Balaban J connectivity index is 1.95. The number of hydrogen-bond donors (Lipinski definition) is 1. The van der Waals surface area contributed by atoms with Crippen molar-refractivity contribution in [2.75, 3.05) is 13.2 Å². The number of nitrogens with two attached hydrogens (primary N) is 1. The molecule has 2 N–H and O–H groups in total. The van der Waals surface area contributed by atoms with Gasteiger partial charge in [-0.25, -0.2) is 0 Å². The first-order chi connectivity index (χ1) is 6.90. The highest BCUT2D eigenvalue weighted by Gasteiger charge is 2.14. The van der Waals surface area contributed by atoms with E-state index in [4.69, 9.17) is 10.5 Å². The quantitative estimate of drug-likeness (QED) is 0.789. The van der Waals surface area contributed by atoms with Crippen molar-refractivity contribution < 1.29 is 4.74 Å². The van der Waals surface area contributed by atoms with E-state index in [0.29, 0.717) is 6.54 Å². The maximum atomic E-state index is 5.65. The van der Waals surface area contributed by atoms with E-state index in [1.807, 2.05) is 0 Å². The van der Waals surface area contributed by atoms with Crippen LogP contribution in [0.2, 0.25) is 0 Å². The van der Waals surface area contributed by atoms with Crippen LogP contribution in [0.5, 0.6) is 0 Å². The van der Waals surface area contributed by atoms with Gasteiger partial charge in [-0.05, 0) is 30.9 Å². The molecule has 0 aliphatic carbocycles. The van der Waals surface area contributed by atoms with Crippen LogP contribution < -0.4 is 5.73 Å². The molecule has 1 aliphatic heterocycles. The fourth-order valence-corrected chi connectivity index (χ4v) is 2.02. The highest BCUT2D eigenvalue weighted by atomic mass is 16.5. The van der Waals surface area contributed by atoms with Crippen molar-refractivity contribution in [3.63, 3.8) is 0 Å². The average molecular weight is 194 g/mol. The van der Waals surface area contributed by atoms with Gasteiger partial charge in [-0.3, -0.25) is 0 Å². The molecule has 0 bridgehead atoms. The standard InChI is InChI=1S/C11H18N2O/c12-8-11-2-1-5-13(11)9-10-3-6-14-7-4-10/h1-2,5,10H,3-4,6-9,12H2. The summed E-state index contributed by atoms with van der Waals surface area (Å²) < 4.78 is 7.62. The predicted molar refractivity (Wildman–Crippen MR) is 55.9 cm³/mol. The first-order valence-electron chi connectivity index (χ1n) is 5.32. The molecule has 0 amide bonds. The summed E-state index contributed by atoms with van der Waals surface area (Å²) in [5, 5.41) is 0. The van der Waals surface area contributed by atoms with E-state index in [-0.39, 0.29) is 0 Å². The molecule has 0 saturated carbocycles. The summed E-state index contributed by atoms with van der Waals surface area (Å²) in [5.74, 6) is 0.765. The van der Waals surface area contributed by atoms with Crippen LogP contribution in [0.25, 0.3) is 0 Å². The van der Waals surface area contributed by atoms with Crippen LogP contribution >= 0.6 is 0 Å². The number of aromatic nitrogens is 1. The van der Waals surface area contributed by atoms with Gasteiger partial charge >= 0.3 is 0 Å². The molecule has 1 aliphatic rings. The van der Waals surface area contributed by atoms with Gasteiger partial charge in [0.05, 0.1) is 0 Å². The number of nitrogens with zero attached hydrogens (tertiary/aromatic N) is 1. The Kier molecular flexibility index (Phi) is 3.22. The van der Waals surface area contributed by atoms with Crippen molar-refractivity contribution in [3.05, 3.63) is 24.0 Å². The summed E-state index contributed by atoms with van der Waals surface area (Å²) >= 11 is 0. The van der Waals surface area contributed by atoms with Crippen LogP contribution in [0.1, 0.15) is 18.5 Å². The van der Waals surface area contributed by atoms with E-state index >= 15 is 0 Å². The Hall–Kier alpha value is -0.800. The molecule has 2 rings (SSSR count). The fraction of sp³-hybridized carbons (Fsp3) is 0.636. The second kappa shape index (κ2) is 4.62. The molecule has 1 saturated heterocycles. The average Bonchev–Trinajstić information content (AvgIpc) is 2.67. The van der Waals surface area contributed by atoms with Crippen LogP contribution in [0.15, 0.2) is 18.3 Å². The highest BCUT2D eigenvalue weighted by Crippen LogP contribution is 2.17. The van der Waals surface area contributed by atoms with Crippen LogP contribution in [0, 0.1) is 5.92 Å². The zero-order chi connectivity index (χ0) is 9.80. The molecule has 0 aromatic carbocycles. The number of hydrogen-bond acceptors (Lipinski definition) is 2. The molecule has 0 unspecified atom stereocenters. The second-order valence-electron chi connectivity index (χ2n) is 3.91. The van der Waals surface area contributed by atoms with E-state index in [1.165, 1.54) is 18.5 Å². The lowest BCUT2D eigenvalue weighted by Gasteiger charge is -2.23. The lowest BCUT2D eigenvalue weighted by Crippen LogP contribution is -2.21. The Morgan fingerprint density at radius 3 is 2.93 bits per heavy atom. The third-order valence-corrected chi connectivity index (χ3v) is 2.93. The summed E-state index contributed by atoms with van der Waals surface area (Å²) in [4.78, 5) is 0. The normalized spacial score (nSPS) is 18.6. The lowest BCUT2D eigenvalue weighted by molar-refractivity contribution is 0.0611. The van der Waals surface area contributed by atoms with E-state index in [9.17, 15) is 0 Å². The molecule has 2 heterocycles. The zero-order valence-corrected chi connectivity index (χ0v) is 8.48. The van der Waals surface area contributed by atoms with Crippen molar-refractivity contribution in [3.8, 4) is 0 Å². The van der Waals surface area contributed by atoms with Gasteiger partial charge in [0.25, 0.3) is 0 Å². The van der Waals surface area contributed by atoms with Gasteiger partial charge in [-0.1, -0.05) is 0 Å². The van der Waals surface area contributed by atoms with Crippen molar-refractivity contribution in [1.82, 2.24) is 4.57 Å². The van der Waals surface area contributed by atoms with E-state index in [2.05, 4.69) is 22.9 Å². The second-order valence-corrected chi connectivity index (χ2v) is 3.91. The minimum atomic E-state index is 0.635. The van der Waals surface area contributed by atoms with Crippen molar-refractivity contribution in [1.29, 1.82) is 0 Å². The van der Waals surface area contributed by atoms with E-state index in [1.54, 1.807) is 0 Å². The summed E-state index contributed by atoms with van der Waals surface area (Å²) in [5.41, 5.74) is 6.89. The Morgan fingerprint density at radius 2 is 2.21 bits per heavy atom. The zero-order valence-electron chi connectivity index (χ0n) is 8.48. The smallest absolute Gasteiger partial charge is 0.0469 e. The van der Waals surface area contributed by atoms with E-state index in [0.717, 1.165) is 25.7 Å². The third-order valence-electron chi connectivity index (χ3n) is 2.93. The summed E-state index contributed by atoms with van der Waals surface area (Å²) in [6, 6.07) is 4.17. The van der Waals surface area contributed by atoms with Crippen LogP contribution in [0.4, 0.5) is 0 Å². The summed E-state index contributed by atoms with van der Waals surface area (Å²) in [7, 11) is 0. The minimum Gasteiger partial charge on any atom is -0.381 e. The fourth-order valence-electron chi connectivity index (χ4n) is 2.02. The first-order valence-corrected chi connectivity index (χ1v) is 5.32. The van der Waals surface area contributed by atoms with Crippen LogP contribution in [-0.4, -0.2) is 17.8 Å². The molecule has 1 aromatic heterocycles. The van der Waals surface area contributed by atoms with Gasteiger partial charge in [0.2, 0.25) is 0 Å². The Labute approximate surface area is 84.9 Å². The molecule has 0 radical (unpaired) electrons. The minimum absolute atomic E-state index is 0.635. The third kappa shape index (κ3) is 2.16. The predicted octanol–water partition coefficient (Wildman–Crippen LogP) is 1.37. The molecule has 3 nitrogen and oxygen atoms in total. The molecular weight excluding hydrogens is 176 g/mol. The van der Waals surface area contributed by atoms with Gasteiger partial charge in [0.15, 0.2) is 0 Å². The van der Waals surface area contributed by atoms with Gasteiger partial charge in [-0.15, -0.1) is 0 Å². The topological polar surface area (TPSA) is 40.2 Å². The summed E-state index contributed by atoms with van der Waals surface area (Å²) in [6.45, 7) is 3.58. The molecule has 78 valence electrons. The summed E-state index contributed by atoms with van der Waals surface area (Å²) in [6.07, 6.45) is 4.49. The molecule has 1 aromatic rings. The highest BCUT2D eigenvalue weighted by molar-refractivity contribution is 5.06. The van der Waals surface area contributed by atoms with Gasteiger partial charge in [0.1, 0.15) is 0 Å². The van der Waals surface area contributed by atoms with Gasteiger partial charge in [-0.2, -0.15) is 0 Å². The van der Waals surface area contributed by atoms with Crippen LogP contribution in [-0.2, 0) is 17.8 Å². The van der Waals surface area contributed by atoms with Crippen LogP contribution in [0.3, 0.4) is 0 Å². The molecule has 3 heteroatoms. The largest absolute Gasteiger partial charge is 0.381 e. The van der Waals surface area contributed by atoms with Crippen molar-refractivity contribution in [2.45, 2.75) is 25.9 Å².